The SMILES string of the molecule is CNC1c2ccccc2CCCC1N1CCC(C)CC1C. The number of rotatable bonds is 2. The normalized spacial score (nSPS) is 34.2. The lowest BCUT2D eigenvalue weighted by Gasteiger charge is -2.44. The second-order valence-corrected chi connectivity index (χ2v) is 7.14. The first-order chi connectivity index (χ1) is 10.2. The molecule has 1 aliphatic carbocycles. The van der Waals surface area contributed by atoms with Crippen molar-refractivity contribution in [3.63, 3.8) is 0 Å². The van der Waals surface area contributed by atoms with Crippen molar-refractivity contribution in [3.05, 3.63) is 35.4 Å². The zero-order valence-electron chi connectivity index (χ0n) is 13.8. The Bertz CT molecular complexity index is 470. The molecular weight excluding hydrogens is 256 g/mol. The highest BCUT2D eigenvalue weighted by molar-refractivity contribution is 5.32. The minimum absolute atomic E-state index is 0.486. The van der Waals surface area contributed by atoms with E-state index in [9.17, 15) is 0 Å². The third-order valence-corrected chi connectivity index (χ3v) is 5.65. The predicted molar refractivity (Wildman–Crippen MR) is 89.5 cm³/mol. The number of hydrogen-bond acceptors (Lipinski definition) is 2. The molecular formula is C19H30N2. The van der Waals surface area contributed by atoms with E-state index in [1.54, 1.807) is 5.56 Å². The molecule has 3 rings (SSSR count). The summed E-state index contributed by atoms with van der Waals surface area (Å²) in [5, 5.41) is 3.64. The van der Waals surface area contributed by atoms with Gasteiger partial charge < -0.3 is 5.32 Å². The van der Waals surface area contributed by atoms with E-state index in [0.29, 0.717) is 12.1 Å². The second kappa shape index (κ2) is 6.50. The zero-order chi connectivity index (χ0) is 14.8. The lowest BCUT2D eigenvalue weighted by atomic mass is 9.88. The lowest BCUT2D eigenvalue weighted by molar-refractivity contribution is 0.0586. The van der Waals surface area contributed by atoms with Crippen molar-refractivity contribution in [1.29, 1.82) is 0 Å². The predicted octanol–water partition coefficient (Wildman–Crippen LogP) is 3.77. The van der Waals surface area contributed by atoms with Crippen LogP contribution in [-0.4, -0.2) is 30.6 Å². The molecule has 0 bridgehead atoms. The Morgan fingerprint density at radius 3 is 2.71 bits per heavy atom. The molecule has 1 fully saturated rings. The van der Waals surface area contributed by atoms with Crippen LogP contribution < -0.4 is 5.32 Å². The third-order valence-electron chi connectivity index (χ3n) is 5.65. The van der Waals surface area contributed by atoms with Gasteiger partial charge in [0.2, 0.25) is 0 Å². The summed E-state index contributed by atoms with van der Waals surface area (Å²) in [4.78, 5) is 2.79. The smallest absolute Gasteiger partial charge is 0.0478 e. The Kier molecular flexibility index (Phi) is 4.66. The lowest BCUT2D eigenvalue weighted by Crippen LogP contribution is -2.51. The van der Waals surface area contributed by atoms with Gasteiger partial charge in [0.05, 0.1) is 0 Å². The van der Waals surface area contributed by atoms with Crippen LogP contribution in [0.3, 0.4) is 0 Å². The number of nitrogens with zero attached hydrogens (tertiary/aromatic N) is 1. The van der Waals surface area contributed by atoms with Crippen LogP contribution in [0.2, 0.25) is 0 Å². The summed E-state index contributed by atoms with van der Waals surface area (Å²) >= 11 is 0. The Morgan fingerprint density at radius 1 is 1.14 bits per heavy atom. The maximum Gasteiger partial charge on any atom is 0.0478 e. The van der Waals surface area contributed by atoms with Gasteiger partial charge in [-0.15, -0.1) is 0 Å². The van der Waals surface area contributed by atoms with Gasteiger partial charge in [-0.3, -0.25) is 4.90 Å². The number of aryl methyl sites for hydroxylation is 1. The molecule has 0 radical (unpaired) electrons. The Morgan fingerprint density at radius 2 is 1.95 bits per heavy atom. The molecule has 116 valence electrons. The summed E-state index contributed by atoms with van der Waals surface area (Å²) in [5.74, 6) is 0.891. The van der Waals surface area contributed by atoms with Crippen molar-refractivity contribution in [2.24, 2.45) is 5.92 Å². The summed E-state index contributed by atoms with van der Waals surface area (Å²) in [6.45, 7) is 6.11. The highest BCUT2D eigenvalue weighted by atomic mass is 15.2. The molecule has 1 saturated heterocycles. The fourth-order valence-electron chi connectivity index (χ4n) is 4.56. The van der Waals surface area contributed by atoms with Gasteiger partial charge in [0.15, 0.2) is 0 Å². The molecule has 1 N–H and O–H groups in total. The monoisotopic (exact) mass is 286 g/mol. The summed E-state index contributed by atoms with van der Waals surface area (Å²) in [7, 11) is 2.14. The molecule has 0 spiro atoms. The first-order valence-corrected chi connectivity index (χ1v) is 8.71. The maximum atomic E-state index is 3.64. The van der Waals surface area contributed by atoms with Gasteiger partial charge in [0, 0.05) is 18.1 Å². The van der Waals surface area contributed by atoms with E-state index in [-0.39, 0.29) is 0 Å². The van der Waals surface area contributed by atoms with Gasteiger partial charge in [-0.25, -0.2) is 0 Å². The van der Waals surface area contributed by atoms with E-state index in [1.165, 1.54) is 44.2 Å². The quantitative estimate of drug-likeness (QED) is 0.833. The van der Waals surface area contributed by atoms with E-state index in [1.807, 2.05) is 0 Å². The third kappa shape index (κ3) is 3.02. The van der Waals surface area contributed by atoms with Crippen molar-refractivity contribution >= 4 is 0 Å². The minimum atomic E-state index is 0.486. The van der Waals surface area contributed by atoms with Crippen LogP contribution in [-0.2, 0) is 6.42 Å². The largest absolute Gasteiger partial charge is 0.312 e. The molecule has 2 heteroatoms. The molecule has 0 saturated carbocycles. The molecule has 1 aliphatic heterocycles. The van der Waals surface area contributed by atoms with Crippen molar-refractivity contribution in [1.82, 2.24) is 10.2 Å². The minimum Gasteiger partial charge on any atom is -0.312 e. The molecule has 1 heterocycles. The standard InChI is InChI=1S/C19H30N2/c1-14-11-12-21(15(2)13-14)18-10-6-8-16-7-4-5-9-17(16)19(18)20-3/h4-5,7,9,14-15,18-20H,6,8,10-13H2,1-3H3. The van der Waals surface area contributed by atoms with Crippen LogP contribution >= 0.6 is 0 Å². The zero-order valence-corrected chi connectivity index (χ0v) is 13.8. The average molecular weight is 286 g/mol. The number of likely N-dealkylation sites (tertiary alicyclic amines) is 1. The summed E-state index contributed by atoms with van der Waals surface area (Å²) in [5.41, 5.74) is 3.09. The Balaban J connectivity index is 1.88. The molecule has 4 unspecified atom stereocenters. The van der Waals surface area contributed by atoms with Crippen LogP contribution in [0.1, 0.15) is 56.7 Å². The number of likely N-dealkylation sites (N-methyl/N-ethyl adjacent to an activating group) is 1. The van der Waals surface area contributed by atoms with Crippen molar-refractivity contribution in [2.75, 3.05) is 13.6 Å². The van der Waals surface area contributed by atoms with Gasteiger partial charge in [-0.2, -0.15) is 0 Å². The summed E-state index contributed by atoms with van der Waals surface area (Å²) < 4.78 is 0. The molecule has 0 amide bonds. The van der Waals surface area contributed by atoms with E-state index in [2.05, 4.69) is 55.4 Å². The van der Waals surface area contributed by atoms with Crippen LogP contribution in [0.25, 0.3) is 0 Å². The van der Waals surface area contributed by atoms with Crippen LogP contribution in [0.4, 0.5) is 0 Å². The molecule has 0 aromatic heterocycles. The number of hydrogen-bond donors (Lipinski definition) is 1. The Labute approximate surface area is 129 Å². The topological polar surface area (TPSA) is 15.3 Å². The maximum absolute atomic E-state index is 3.64. The van der Waals surface area contributed by atoms with Crippen LogP contribution in [0.15, 0.2) is 24.3 Å². The van der Waals surface area contributed by atoms with E-state index in [0.717, 1.165) is 12.0 Å². The number of nitrogens with one attached hydrogen (secondary N) is 1. The molecule has 1 aromatic carbocycles. The highest BCUT2D eigenvalue weighted by Crippen LogP contribution is 2.35. The van der Waals surface area contributed by atoms with E-state index >= 15 is 0 Å². The first-order valence-electron chi connectivity index (χ1n) is 8.71. The second-order valence-electron chi connectivity index (χ2n) is 7.14. The van der Waals surface area contributed by atoms with Crippen molar-refractivity contribution in [3.8, 4) is 0 Å². The van der Waals surface area contributed by atoms with Gasteiger partial charge in [-0.1, -0.05) is 31.2 Å². The van der Waals surface area contributed by atoms with Crippen molar-refractivity contribution < 1.29 is 0 Å². The molecule has 4 atom stereocenters. The van der Waals surface area contributed by atoms with E-state index < -0.39 is 0 Å². The first kappa shape index (κ1) is 15.1. The number of fused-ring (bicyclic) bond motifs is 1. The van der Waals surface area contributed by atoms with Gasteiger partial charge in [0.1, 0.15) is 0 Å². The van der Waals surface area contributed by atoms with Gasteiger partial charge >= 0.3 is 0 Å². The van der Waals surface area contributed by atoms with Crippen LogP contribution in [0, 0.1) is 5.92 Å². The summed E-state index contributed by atoms with van der Waals surface area (Å²) in [6.07, 6.45) is 6.59. The molecule has 2 aliphatic rings. The van der Waals surface area contributed by atoms with Crippen molar-refractivity contribution in [2.45, 2.75) is 64.1 Å². The average Bonchev–Trinajstić information content (AvgIpc) is 2.66. The Hall–Kier alpha value is -0.860. The van der Waals surface area contributed by atoms with E-state index in [4.69, 9.17) is 0 Å². The molecule has 21 heavy (non-hydrogen) atoms. The summed E-state index contributed by atoms with van der Waals surface area (Å²) in [6, 6.07) is 10.9. The van der Waals surface area contributed by atoms with Gasteiger partial charge in [0.25, 0.3) is 0 Å². The van der Waals surface area contributed by atoms with Gasteiger partial charge in [-0.05, 0) is 69.7 Å². The molecule has 1 aromatic rings. The van der Waals surface area contributed by atoms with Crippen LogP contribution in [0.5, 0.6) is 0 Å². The fourth-order valence-corrected chi connectivity index (χ4v) is 4.56. The molecule has 2 nitrogen and oxygen atoms in total. The number of benzene rings is 1. The highest BCUT2D eigenvalue weighted by Gasteiger charge is 2.35. The fraction of sp³-hybridized carbons (Fsp3) is 0.684. The number of piperidine rings is 1.